The first-order chi connectivity index (χ1) is 13.7. The van der Waals surface area contributed by atoms with E-state index in [9.17, 15) is 10.2 Å². The summed E-state index contributed by atoms with van der Waals surface area (Å²) in [6.45, 7) is 2.75. The maximum Gasteiger partial charge on any atom is 0.111 e. The molecule has 166 valence electrons. The molecule has 0 aliphatic carbocycles. The quantitative estimate of drug-likeness (QED) is 0.253. The highest BCUT2D eigenvalue weighted by molar-refractivity contribution is 4.87. The van der Waals surface area contributed by atoms with Crippen molar-refractivity contribution in [3.05, 3.63) is 12.2 Å². The number of aliphatic hydroxyl groups is 3. The van der Waals surface area contributed by atoms with Crippen LogP contribution in [0, 0.1) is 0 Å². The Bertz CT molecular complexity index is 374. The molecule has 0 radical (unpaired) electrons. The standard InChI is InChI=1S/C23H44O5/c1-2-3-4-5-6-7-8-9-10-11-12-13-14-15-16-17-27-21-19-28-20(18-24)22(25)23(21)26/h7-8,20-26H,2-6,9-19H2,1H3/b8-7+/t20-,21+,22-,23-/m1/s1. The lowest BCUT2D eigenvalue weighted by Crippen LogP contribution is -2.55. The SMILES string of the molecule is CCCCCC/C=C/CCCCCCCCCO[C@H]1CO[C@H](CO)[C@@H](O)[C@@H]1O. The van der Waals surface area contributed by atoms with Crippen LogP contribution >= 0.6 is 0 Å². The molecule has 28 heavy (non-hydrogen) atoms. The van der Waals surface area contributed by atoms with Gasteiger partial charge in [0.05, 0.1) is 13.2 Å². The Hall–Kier alpha value is -0.460. The van der Waals surface area contributed by atoms with Crippen LogP contribution in [-0.4, -0.2) is 59.6 Å². The highest BCUT2D eigenvalue weighted by Gasteiger charge is 2.38. The van der Waals surface area contributed by atoms with E-state index in [4.69, 9.17) is 14.6 Å². The second-order valence-electron chi connectivity index (χ2n) is 8.03. The monoisotopic (exact) mass is 400 g/mol. The van der Waals surface area contributed by atoms with Crippen molar-refractivity contribution in [2.24, 2.45) is 0 Å². The summed E-state index contributed by atoms with van der Waals surface area (Å²) in [7, 11) is 0. The Balaban J connectivity index is 1.85. The van der Waals surface area contributed by atoms with Gasteiger partial charge >= 0.3 is 0 Å². The van der Waals surface area contributed by atoms with Gasteiger partial charge in [-0.1, -0.05) is 70.4 Å². The average Bonchev–Trinajstić information content (AvgIpc) is 2.70. The molecule has 5 nitrogen and oxygen atoms in total. The van der Waals surface area contributed by atoms with Crippen molar-refractivity contribution in [2.75, 3.05) is 19.8 Å². The second-order valence-corrected chi connectivity index (χ2v) is 8.03. The number of unbranched alkanes of at least 4 members (excludes halogenated alkanes) is 11. The van der Waals surface area contributed by atoms with Gasteiger partial charge in [0, 0.05) is 6.61 Å². The van der Waals surface area contributed by atoms with Crippen LogP contribution in [0.1, 0.15) is 90.4 Å². The van der Waals surface area contributed by atoms with Gasteiger partial charge in [0.15, 0.2) is 0 Å². The van der Waals surface area contributed by atoms with E-state index < -0.39 is 24.4 Å². The highest BCUT2D eigenvalue weighted by Crippen LogP contribution is 2.18. The number of rotatable bonds is 17. The fourth-order valence-electron chi connectivity index (χ4n) is 3.57. The first kappa shape index (κ1) is 25.6. The molecular weight excluding hydrogens is 356 g/mol. The van der Waals surface area contributed by atoms with Crippen LogP contribution in [-0.2, 0) is 9.47 Å². The average molecular weight is 401 g/mol. The van der Waals surface area contributed by atoms with Crippen molar-refractivity contribution in [2.45, 2.75) is 115 Å². The van der Waals surface area contributed by atoms with Crippen LogP contribution in [0.15, 0.2) is 12.2 Å². The van der Waals surface area contributed by atoms with E-state index in [1.54, 1.807) is 0 Å². The predicted molar refractivity (Wildman–Crippen MR) is 113 cm³/mol. The lowest BCUT2D eigenvalue weighted by molar-refractivity contribution is -0.208. The summed E-state index contributed by atoms with van der Waals surface area (Å²) in [6.07, 6.45) is 17.8. The summed E-state index contributed by atoms with van der Waals surface area (Å²) in [4.78, 5) is 0. The molecule has 1 fully saturated rings. The van der Waals surface area contributed by atoms with Crippen LogP contribution < -0.4 is 0 Å². The van der Waals surface area contributed by atoms with Crippen molar-refractivity contribution in [3.8, 4) is 0 Å². The maximum atomic E-state index is 9.99. The van der Waals surface area contributed by atoms with Crippen molar-refractivity contribution < 1.29 is 24.8 Å². The van der Waals surface area contributed by atoms with Gasteiger partial charge in [-0.25, -0.2) is 0 Å². The van der Waals surface area contributed by atoms with E-state index in [2.05, 4.69) is 19.1 Å². The zero-order valence-corrected chi connectivity index (χ0v) is 17.9. The second kappa shape index (κ2) is 17.4. The van der Waals surface area contributed by atoms with Gasteiger partial charge in [0.1, 0.15) is 24.4 Å². The van der Waals surface area contributed by atoms with E-state index in [1.165, 1.54) is 70.6 Å². The maximum absolute atomic E-state index is 9.99. The summed E-state index contributed by atoms with van der Waals surface area (Å²) < 4.78 is 11.0. The first-order valence-corrected chi connectivity index (χ1v) is 11.6. The Morgan fingerprint density at radius 2 is 1.39 bits per heavy atom. The van der Waals surface area contributed by atoms with E-state index in [0.717, 1.165) is 12.8 Å². The molecule has 0 aromatic carbocycles. The Labute approximate surface area is 172 Å². The molecule has 1 saturated heterocycles. The Kier molecular flexibility index (Phi) is 15.9. The number of hydrogen-bond acceptors (Lipinski definition) is 5. The van der Waals surface area contributed by atoms with Crippen molar-refractivity contribution in [1.82, 2.24) is 0 Å². The van der Waals surface area contributed by atoms with Gasteiger partial charge < -0.3 is 24.8 Å². The minimum Gasteiger partial charge on any atom is -0.394 e. The molecule has 0 aromatic heterocycles. The summed E-state index contributed by atoms with van der Waals surface area (Å²) in [5, 5.41) is 28.9. The zero-order valence-electron chi connectivity index (χ0n) is 17.9. The lowest BCUT2D eigenvalue weighted by Gasteiger charge is -2.36. The molecule has 1 aliphatic heterocycles. The van der Waals surface area contributed by atoms with E-state index in [0.29, 0.717) is 6.61 Å². The number of hydrogen-bond donors (Lipinski definition) is 3. The third-order valence-corrected chi connectivity index (χ3v) is 5.50. The molecule has 4 atom stereocenters. The summed E-state index contributed by atoms with van der Waals surface area (Å²) >= 11 is 0. The third-order valence-electron chi connectivity index (χ3n) is 5.50. The minimum absolute atomic E-state index is 0.219. The molecule has 5 heteroatoms. The van der Waals surface area contributed by atoms with E-state index in [-0.39, 0.29) is 13.2 Å². The highest BCUT2D eigenvalue weighted by atomic mass is 16.6. The smallest absolute Gasteiger partial charge is 0.111 e. The van der Waals surface area contributed by atoms with Crippen molar-refractivity contribution in [3.63, 3.8) is 0 Å². The van der Waals surface area contributed by atoms with Crippen LogP contribution in [0.5, 0.6) is 0 Å². The molecule has 0 aromatic rings. The minimum atomic E-state index is -1.08. The van der Waals surface area contributed by atoms with Crippen molar-refractivity contribution >= 4 is 0 Å². The van der Waals surface area contributed by atoms with E-state index in [1.807, 2.05) is 0 Å². The molecule has 0 bridgehead atoms. The van der Waals surface area contributed by atoms with Gasteiger partial charge in [-0.05, 0) is 32.1 Å². The van der Waals surface area contributed by atoms with Gasteiger partial charge in [-0.2, -0.15) is 0 Å². The van der Waals surface area contributed by atoms with Crippen LogP contribution in [0.2, 0.25) is 0 Å². The topological polar surface area (TPSA) is 79.2 Å². The van der Waals surface area contributed by atoms with Crippen LogP contribution in [0.25, 0.3) is 0 Å². The normalized spacial score (nSPS) is 25.6. The van der Waals surface area contributed by atoms with Gasteiger partial charge in [-0.15, -0.1) is 0 Å². The fraction of sp³-hybridized carbons (Fsp3) is 0.913. The Morgan fingerprint density at radius 1 is 0.821 bits per heavy atom. The van der Waals surface area contributed by atoms with Crippen LogP contribution in [0.3, 0.4) is 0 Å². The molecule has 0 unspecified atom stereocenters. The predicted octanol–water partition coefficient (Wildman–Crippen LogP) is 4.13. The first-order valence-electron chi connectivity index (χ1n) is 11.6. The van der Waals surface area contributed by atoms with E-state index >= 15 is 0 Å². The summed E-state index contributed by atoms with van der Waals surface area (Å²) in [5.41, 5.74) is 0. The van der Waals surface area contributed by atoms with Gasteiger partial charge in [-0.3, -0.25) is 0 Å². The molecule has 3 N–H and O–H groups in total. The molecule has 1 heterocycles. The number of ether oxygens (including phenoxy) is 2. The molecule has 0 amide bonds. The molecular formula is C23H44O5. The largest absolute Gasteiger partial charge is 0.394 e. The summed E-state index contributed by atoms with van der Waals surface area (Å²) in [6, 6.07) is 0. The Morgan fingerprint density at radius 3 is 2.00 bits per heavy atom. The number of aliphatic hydroxyl groups excluding tert-OH is 3. The molecule has 1 aliphatic rings. The molecule has 0 spiro atoms. The number of allylic oxidation sites excluding steroid dienone is 2. The zero-order chi connectivity index (χ0) is 20.5. The van der Waals surface area contributed by atoms with Crippen LogP contribution in [0.4, 0.5) is 0 Å². The lowest BCUT2D eigenvalue weighted by atomic mass is 10.0. The van der Waals surface area contributed by atoms with Gasteiger partial charge in [0.25, 0.3) is 0 Å². The third kappa shape index (κ3) is 11.5. The molecule has 1 rings (SSSR count). The van der Waals surface area contributed by atoms with Crippen molar-refractivity contribution in [1.29, 1.82) is 0 Å². The van der Waals surface area contributed by atoms with Gasteiger partial charge in [0.2, 0.25) is 0 Å². The molecule has 0 saturated carbocycles. The summed E-state index contributed by atoms with van der Waals surface area (Å²) in [5.74, 6) is 0. The fourth-order valence-corrected chi connectivity index (χ4v) is 3.57.